The number of nitrogens with zero attached hydrogens (tertiary/aromatic N) is 1. The standard InChI is InChI=1S/C21H24N2O5S/c1-29-19-8-2-15(3-9-19)14-28-21(26)23-10-11-27-18(13-23)12-22-20(25)16-4-6-17(24)7-5-16/h2-9,18,24H,10-14H2,1H3,(H,22,25). The molecule has 0 saturated carbocycles. The lowest BCUT2D eigenvalue weighted by atomic mass is 10.2. The number of carbonyl (C=O) groups excluding carboxylic acids is 2. The third-order valence-corrected chi connectivity index (χ3v) is 5.28. The van der Waals surface area contributed by atoms with Crippen molar-refractivity contribution in [1.82, 2.24) is 10.2 Å². The summed E-state index contributed by atoms with van der Waals surface area (Å²) in [6.07, 6.45) is 1.31. The first kappa shape index (κ1) is 21.0. The lowest BCUT2D eigenvalue weighted by molar-refractivity contribution is -0.0263. The maximum absolute atomic E-state index is 12.4. The first-order chi connectivity index (χ1) is 14.0. The van der Waals surface area contributed by atoms with Gasteiger partial charge in [0.15, 0.2) is 0 Å². The van der Waals surface area contributed by atoms with Crippen LogP contribution in [0, 0.1) is 0 Å². The van der Waals surface area contributed by atoms with Crippen LogP contribution in [0.3, 0.4) is 0 Å². The molecule has 2 amide bonds. The molecule has 29 heavy (non-hydrogen) atoms. The van der Waals surface area contributed by atoms with Crippen molar-refractivity contribution < 1.29 is 24.2 Å². The number of benzene rings is 2. The van der Waals surface area contributed by atoms with E-state index in [0.717, 1.165) is 10.5 Å². The predicted molar refractivity (Wildman–Crippen MR) is 110 cm³/mol. The molecule has 7 nitrogen and oxygen atoms in total. The monoisotopic (exact) mass is 416 g/mol. The number of hydrogen-bond donors (Lipinski definition) is 2. The number of ether oxygens (including phenoxy) is 2. The van der Waals surface area contributed by atoms with Gasteiger partial charge in [0, 0.05) is 23.5 Å². The van der Waals surface area contributed by atoms with Crippen LogP contribution < -0.4 is 5.32 Å². The number of phenolic OH excluding ortho intramolecular Hbond substituents is 1. The molecule has 0 bridgehead atoms. The lowest BCUT2D eigenvalue weighted by Gasteiger charge is -2.32. The number of morpholine rings is 1. The smallest absolute Gasteiger partial charge is 0.410 e. The minimum Gasteiger partial charge on any atom is -0.508 e. The Labute approximate surface area is 174 Å². The van der Waals surface area contributed by atoms with E-state index in [2.05, 4.69) is 5.32 Å². The Morgan fingerprint density at radius 3 is 2.62 bits per heavy atom. The van der Waals surface area contributed by atoms with E-state index in [4.69, 9.17) is 9.47 Å². The number of thioether (sulfide) groups is 1. The van der Waals surface area contributed by atoms with Crippen LogP contribution >= 0.6 is 11.8 Å². The third kappa shape index (κ3) is 6.13. The second-order valence-corrected chi connectivity index (χ2v) is 7.48. The highest BCUT2D eigenvalue weighted by atomic mass is 32.2. The number of carbonyl (C=O) groups is 2. The molecule has 0 spiro atoms. The van der Waals surface area contributed by atoms with Gasteiger partial charge in [-0.2, -0.15) is 0 Å². The molecule has 2 aromatic rings. The van der Waals surface area contributed by atoms with Crippen molar-refractivity contribution in [2.75, 3.05) is 32.5 Å². The SMILES string of the molecule is CSc1ccc(COC(=O)N2CCOC(CNC(=O)c3ccc(O)cc3)C2)cc1. The van der Waals surface area contributed by atoms with Gasteiger partial charge in [-0.25, -0.2) is 4.79 Å². The van der Waals surface area contributed by atoms with Gasteiger partial charge < -0.3 is 24.8 Å². The normalized spacial score (nSPS) is 16.3. The number of rotatable bonds is 6. The molecule has 154 valence electrons. The van der Waals surface area contributed by atoms with Crippen LogP contribution in [-0.2, 0) is 16.1 Å². The molecule has 1 aliphatic rings. The second kappa shape index (κ2) is 10.2. The summed E-state index contributed by atoms with van der Waals surface area (Å²) in [5.74, 6) is -0.159. The minimum absolute atomic E-state index is 0.103. The van der Waals surface area contributed by atoms with E-state index in [1.54, 1.807) is 28.8 Å². The molecule has 1 aliphatic heterocycles. The Balaban J connectivity index is 1.44. The van der Waals surface area contributed by atoms with Gasteiger partial charge in [0.05, 0.1) is 19.3 Å². The lowest BCUT2D eigenvalue weighted by Crippen LogP contribution is -2.49. The molecule has 0 radical (unpaired) electrons. The summed E-state index contributed by atoms with van der Waals surface area (Å²) in [4.78, 5) is 27.3. The second-order valence-electron chi connectivity index (χ2n) is 6.60. The van der Waals surface area contributed by atoms with Crippen LogP contribution in [0.25, 0.3) is 0 Å². The quantitative estimate of drug-likeness (QED) is 0.704. The van der Waals surface area contributed by atoms with Gasteiger partial charge in [0.25, 0.3) is 5.91 Å². The highest BCUT2D eigenvalue weighted by Crippen LogP contribution is 2.16. The zero-order valence-electron chi connectivity index (χ0n) is 16.2. The fourth-order valence-corrected chi connectivity index (χ4v) is 3.30. The molecular weight excluding hydrogens is 392 g/mol. The number of phenols is 1. The minimum atomic E-state index is -0.392. The molecule has 8 heteroatoms. The maximum Gasteiger partial charge on any atom is 0.410 e. The van der Waals surface area contributed by atoms with Crippen LogP contribution in [0.2, 0.25) is 0 Å². The van der Waals surface area contributed by atoms with E-state index in [0.29, 0.717) is 25.3 Å². The van der Waals surface area contributed by atoms with Crippen molar-refractivity contribution in [3.05, 3.63) is 59.7 Å². The van der Waals surface area contributed by atoms with E-state index in [-0.39, 0.29) is 30.9 Å². The average Bonchev–Trinajstić information content (AvgIpc) is 2.77. The van der Waals surface area contributed by atoms with Gasteiger partial charge in [-0.05, 0) is 48.2 Å². The van der Waals surface area contributed by atoms with Gasteiger partial charge in [0.2, 0.25) is 0 Å². The fourth-order valence-electron chi connectivity index (χ4n) is 2.89. The summed E-state index contributed by atoms with van der Waals surface area (Å²) < 4.78 is 11.1. The molecule has 1 heterocycles. The fraction of sp³-hybridized carbons (Fsp3) is 0.333. The Morgan fingerprint density at radius 1 is 1.21 bits per heavy atom. The summed E-state index contributed by atoms with van der Waals surface area (Å²) >= 11 is 1.66. The average molecular weight is 416 g/mol. The first-order valence-corrected chi connectivity index (χ1v) is 10.5. The van der Waals surface area contributed by atoms with Gasteiger partial charge in [0.1, 0.15) is 12.4 Å². The summed E-state index contributed by atoms with van der Waals surface area (Å²) in [6.45, 7) is 1.68. The van der Waals surface area contributed by atoms with E-state index in [1.807, 2.05) is 30.5 Å². The van der Waals surface area contributed by atoms with Gasteiger partial charge in [-0.3, -0.25) is 4.79 Å². The number of nitrogens with one attached hydrogen (secondary N) is 1. The molecule has 3 rings (SSSR count). The summed E-state index contributed by atoms with van der Waals surface area (Å²) in [5, 5.41) is 12.1. The molecule has 1 fully saturated rings. The van der Waals surface area contributed by atoms with Crippen molar-refractivity contribution >= 4 is 23.8 Å². The molecule has 2 aromatic carbocycles. The van der Waals surface area contributed by atoms with Crippen LogP contribution in [0.15, 0.2) is 53.4 Å². The number of hydrogen-bond acceptors (Lipinski definition) is 6. The highest BCUT2D eigenvalue weighted by Gasteiger charge is 2.25. The summed E-state index contributed by atoms with van der Waals surface area (Å²) in [6, 6.07) is 13.9. The topological polar surface area (TPSA) is 88.1 Å². The van der Waals surface area contributed by atoms with Crippen LogP contribution in [0.4, 0.5) is 4.79 Å². The Kier molecular flexibility index (Phi) is 7.37. The molecule has 1 unspecified atom stereocenters. The Hall–Kier alpha value is -2.71. The van der Waals surface area contributed by atoms with Gasteiger partial charge in [-0.15, -0.1) is 11.8 Å². The summed E-state index contributed by atoms with van der Waals surface area (Å²) in [5.41, 5.74) is 1.38. The van der Waals surface area contributed by atoms with E-state index >= 15 is 0 Å². The van der Waals surface area contributed by atoms with Crippen LogP contribution in [0.5, 0.6) is 5.75 Å². The molecule has 1 atom stereocenters. The van der Waals surface area contributed by atoms with Crippen LogP contribution in [-0.4, -0.2) is 60.6 Å². The van der Waals surface area contributed by atoms with E-state index < -0.39 is 6.09 Å². The van der Waals surface area contributed by atoms with Gasteiger partial charge >= 0.3 is 6.09 Å². The third-order valence-electron chi connectivity index (χ3n) is 4.54. The first-order valence-electron chi connectivity index (χ1n) is 9.28. The van der Waals surface area contributed by atoms with E-state index in [1.165, 1.54) is 12.1 Å². The molecule has 1 saturated heterocycles. The zero-order valence-corrected chi connectivity index (χ0v) is 17.0. The van der Waals surface area contributed by atoms with Crippen molar-refractivity contribution in [1.29, 1.82) is 0 Å². The predicted octanol–water partition coefficient (Wildman–Crippen LogP) is 2.88. The zero-order chi connectivity index (χ0) is 20.6. The number of amides is 2. The molecule has 0 aliphatic carbocycles. The number of aromatic hydroxyl groups is 1. The van der Waals surface area contributed by atoms with Crippen molar-refractivity contribution in [2.24, 2.45) is 0 Å². The largest absolute Gasteiger partial charge is 0.508 e. The molecule has 2 N–H and O–H groups in total. The Morgan fingerprint density at radius 2 is 1.93 bits per heavy atom. The Bertz CT molecular complexity index is 826. The highest BCUT2D eigenvalue weighted by molar-refractivity contribution is 7.98. The van der Waals surface area contributed by atoms with Gasteiger partial charge in [-0.1, -0.05) is 12.1 Å². The van der Waals surface area contributed by atoms with Crippen molar-refractivity contribution in [3.8, 4) is 5.75 Å². The molecule has 0 aromatic heterocycles. The maximum atomic E-state index is 12.4. The van der Waals surface area contributed by atoms with E-state index in [9.17, 15) is 14.7 Å². The molecular formula is C21H24N2O5S. The van der Waals surface area contributed by atoms with Crippen molar-refractivity contribution in [2.45, 2.75) is 17.6 Å². The summed E-state index contributed by atoms with van der Waals surface area (Å²) in [7, 11) is 0. The van der Waals surface area contributed by atoms with Crippen molar-refractivity contribution in [3.63, 3.8) is 0 Å². The van der Waals surface area contributed by atoms with Crippen LogP contribution in [0.1, 0.15) is 15.9 Å².